The van der Waals surface area contributed by atoms with Crippen molar-refractivity contribution in [1.82, 2.24) is 14.9 Å². The maximum atomic E-state index is 13.0. The molecular weight excluding hydrogens is 294 g/mol. The van der Waals surface area contributed by atoms with Gasteiger partial charge in [-0.1, -0.05) is 30.3 Å². The van der Waals surface area contributed by atoms with Crippen LogP contribution in [0.1, 0.15) is 5.56 Å². The van der Waals surface area contributed by atoms with E-state index in [0.717, 1.165) is 5.56 Å². The molecule has 116 valence electrons. The summed E-state index contributed by atoms with van der Waals surface area (Å²) in [6.07, 6.45) is -0.686. The normalized spacial score (nSPS) is 10.5. The summed E-state index contributed by atoms with van der Waals surface area (Å²) in [7, 11) is 1.44. The molecule has 0 aliphatic heterocycles. The van der Waals surface area contributed by atoms with Crippen molar-refractivity contribution in [2.75, 3.05) is 7.05 Å². The number of fused-ring (bicyclic) bond motifs is 1. The van der Waals surface area contributed by atoms with Crippen LogP contribution in [0.2, 0.25) is 0 Å². The number of amides is 1. The lowest BCUT2D eigenvalue weighted by atomic mass is 10.1. The van der Waals surface area contributed by atoms with Gasteiger partial charge in [0.2, 0.25) is 0 Å². The highest BCUT2D eigenvalue weighted by Gasteiger charge is 2.17. The van der Waals surface area contributed by atoms with Gasteiger partial charge in [-0.2, -0.15) is 4.98 Å². The van der Waals surface area contributed by atoms with E-state index in [1.54, 1.807) is 36.4 Å². The summed E-state index contributed by atoms with van der Waals surface area (Å²) >= 11 is 0. The van der Waals surface area contributed by atoms with Crippen molar-refractivity contribution in [3.63, 3.8) is 0 Å². The lowest BCUT2D eigenvalue weighted by molar-refractivity contribution is 0.197. The zero-order valence-electron chi connectivity index (χ0n) is 12.7. The molecule has 0 saturated carbocycles. The Labute approximate surface area is 132 Å². The first-order chi connectivity index (χ1) is 11.1. The van der Waals surface area contributed by atoms with Crippen molar-refractivity contribution in [2.45, 2.75) is 6.92 Å². The minimum atomic E-state index is -0.686. The molecule has 0 atom stereocenters. The SMILES string of the molecule is CNC(=O)Oc1nc2cccc(C)c2c(=O)n1-c1ccccc1. The lowest BCUT2D eigenvalue weighted by Crippen LogP contribution is -2.28. The molecule has 0 radical (unpaired) electrons. The van der Waals surface area contributed by atoms with Crippen molar-refractivity contribution in [3.05, 3.63) is 64.4 Å². The van der Waals surface area contributed by atoms with E-state index in [0.29, 0.717) is 16.6 Å². The van der Waals surface area contributed by atoms with E-state index in [-0.39, 0.29) is 11.6 Å². The average Bonchev–Trinajstić information content (AvgIpc) is 2.55. The van der Waals surface area contributed by atoms with Crippen LogP contribution in [0, 0.1) is 6.92 Å². The van der Waals surface area contributed by atoms with Gasteiger partial charge in [0.1, 0.15) is 0 Å². The summed E-state index contributed by atoms with van der Waals surface area (Å²) in [6.45, 7) is 1.85. The third-order valence-corrected chi connectivity index (χ3v) is 3.48. The molecule has 3 aromatic rings. The highest BCUT2D eigenvalue weighted by atomic mass is 16.6. The van der Waals surface area contributed by atoms with Gasteiger partial charge in [-0.3, -0.25) is 4.79 Å². The van der Waals surface area contributed by atoms with Gasteiger partial charge >= 0.3 is 12.1 Å². The molecule has 1 heterocycles. The van der Waals surface area contributed by atoms with Crippen LogP contribution in [-0.4, -0.2) is 22.7 Å². The number of benzene rings is 2. The number of hydrogen-bond acceptors (Lipinski definition) is 4. The summed E-state index contributed by atoms with van der Waals surface area (Å²) in [4.78, 5) is 28.9. The van der Waals surface area contributed by atoms with Crippen molar-refractivity contribution in [2.24, 2.45) is 0 Å². The van der Waals surface area contributed by atoms with E-state index < -0.39 is 6.09 Å². The number of para-hydroxylation sites is 1. The van der Waals surface area contributed by atoms with Crippen LogP contribution in [0.4, 0.5) is 4.79 Å². The van der Waals surface area contributed by atoms with Crippen LogP contribution in [0.25, 0.3) is 16.6 Å². The van der Waals surface area contributed by atoms with Crippen LogP contribution in [0.15, 0.2) is 53.3 Å². The first-order valence-electron chi connectivity index (χ1n) is 7.09. The summed E-state index contributed by atoms with van der Waals surface area (Å²) in [5.41, 5.74) is 1.60. The molecule has 3 rings (SSSR count). The van der Waals surface area contributed by atoms with Crippen molar-refractivity contribution in [1.29, 1.82) is 0 Å². The van der Waals surface area contributed by atoms with Gasteiger partial charge < -0.3 is 10.1 Å². The molecule has 0 unspecified atom stereocenters. The molecule has 1 N–H and O–H groups in total. The smallest absolute Gasteiger partial charge is 0.375 e. The molecule has 0 bridgehead atoms. The molecule has 1 amide bonds. The Balaban J connectivity index is 2.36. The predicted octanol–water partition coefficient (Wildman–Crippen LogP) is 2.41. The highest BCUT2D eigenvalue weighted by Crippen LogP contribution is 2.19. The number of aromatic nitrogens is 2. The monoisotopic (exact) mass is 309 g/mol. The van der Waals surface area contributed by atoms with Crippen molar-refractivity contribution < 1.29 is 9.53 Å². The van der Waals surface area contributed by atoms with Gasteiger partial charge in [0.25, 0.3) is 5.56 Å². The third kappa shape index (κ3) is 2.66. The average molecular weight is 309 g/mol. The van der Waals surface area contributed by atoms with Gasteiger partial charge in [-0.15, -0.1) is 0 Å². The van der Waals surface area contributed by atoms with E-state index in [1.165, 1.54) is 11.6 Å². The standard InChI is InChI=1S/C17H15N3O3/c1-11-7-6-10-13-14(11)15(21)20(12-8-4-3-5-9-12)16(19-13)23-17(22)18-2/h3-10H,1-2H3,(H,18,22). The van der Waals surface area contributed by atoms with Crippen LogP contribution in [0.5, 0.6) is 6.01 Å². The number of nitrogens with zero attached hydrogens (tertiary/aromatic N) is 2. The number of rotatable bonds is 2. The molecule has 2 aromatic carbocycles. The highest BCUT2D eigenvalue weighted by molar-refractivity contribution is 5.82. The van der Waals surface area contributed by atoms with Crippen LogP contribution < -0.4 is 15.6 Å². The number of aryl methyl sites for hydroxylation is 1. The molecule has 0 saturated heterocycles. The van der Waals surface area contributed by atoms with E-state index in [9.17, 15) is 9.59 Å². The molecule has 0 fully saturated rings. The molecule has 6 heteroatoms. The fraction of sp³-hybridized carbons (Fsp3) is 0.118. The van der Waals surface area contributed by atoms with Crippen LogP contribution in [0.3, 0.4) is 0 Å². The number of hydrogen-bond donors (Lipinski definition) is 1. The number of carbonyl (C=O) groups excluding carboxylic acids is 1. The molecule has 0 spiro atoms. The van der Waals surface area contributed by atoms with Crippen LogP contribution >= 0.6 is 0 Å². The summed E-state index contributed by atoms with van der Waals surface area (Å²) in [5, 5.41) is 2.86. The maximum Gasteiger partial charge on any atom is 0.414 e. The number of nitrogens with one attached hydrogen (secondary N) is 1. The summed E-state index contributed by atoms with van der Waals surface area (Å²) in [6, 6.07) is 14.2. The second kappa shape index (κ2) is 5.92. The fourth-order valence-electron chi connectivity index (χ4n) is 2.38. The first kappa shape index (κ1) is 14.8. The Morgan fingerprint density at radius 1 is 1.13 bits per heavy atom. The Hall–Kier alpha value is -3.15. The molecule has 6 nitrogen and oxygen atoms in total. The van der Waals surface area contributed by atoms with Crippen molar-refractivity contribution >= 4 is 17.0 Å². The number of ether oxygens (including phenoxy) is 1. The molecule has 0 aliphatic rings. The quantitative estimate of drug-likeness (QED) is 0.789. The van der Waals surface area contributed by atoms with E-state index in [1.807, 2.05) is 19.1 Å². The molecule has 23 heavy (non-hydrogen) atoms. The topological polar surface area (TPSA) is 73.2 Å². The van der Waals surface area contributed by atoms with Crippen molar-refractivity contribution in [3.8, 4) is 11.7 Å². The summed E-state index contributed by atoms with van der Waals surface area (Å²) in [5.74, 6) is 0. The second-order valence-electron chi connectivity index (χ2n) is 4.98. The van der Waals surface area contributed by atoms with Crippen LogP contribution in [-0.2, 0) is 0 Å². The lowest BCUT2D eigenvalue weighted by Gasteiger charge is -2.13. The number of carbonyl (C=O) groups is 1. The first-order valence-corrected chi connectivity index (χ1v) is 7.09. The minimum absolute atomic E-state index is 0.0707. The Bertz CT molecular complexity index is 933. The van der Waals surface area contributed by atoms with E-state index in [2.05, 4.69) is 10.3 Å². The van der Waals surface area contributed by atoms with E-state index in [4.69, 9.17) is 4.74 Å². The minimum Gasteiger partial charge on any atom is -0.375 e. The molecule has 1 aromatic heterocycles. The van der Waals surface area contributed by atoms with Gasteiger partial charge in [-0.25, -0.2) is 9.36 Å². The Morgan fingerprint density at radius 2 is 1.87 bits per heavy atom. The molecule has 0 aliphatic carbocycles. The van der Waals surface area contributed by atoms with Gasteiger partial charge in [0.05, 0.1) is 16.6 Å². The maximum absolute atomic E-state index is 13.0. The largest absolute Gasteiger partial charge is 0.414 e. The van der Waals surface area contributed by atoms with Gasteiger partial charge in [0, 0.05) is 7.05 Å². The van der Waals surface area contributed by atoms with Gasteiger partial charge in [0.15, 0.2) is 0 Å². The zero-order chi connectivity index (χ0) is 16.4. The zero-order valence-corrected chi connectivity index (χ0v) is 12.7. The predicted molar refractivity (Wildman–Crippen MR) is 87.2 cm³/mol. The Morgan fingerprint density at radius 3 is 2.57 bits per heavy atom. The Kier molecular flexibility index (Phi) is 3.80. The van der Waals surface area contributed by atoms with E-state index >= 15 is 0 Å². The third-order valence-electron chi connectivity index (χ3n) is 3.48. The summed E-state index contributed by atoms with van der Waals surface area (Å²) < 4.78 is 6.48. The fourth-order valence-corrected chi connectivity index (χ4v) is 2.38. The second-order valence-corrected chi connectivity index (χ2v) is 4.98. The molecular formula is C17H15N3O3. The van der Waals surface area contributed by atoms with Gasteiger partial charge in [-0.05, 0) is 30.7 Å².